The molecule has 2 aromatic rings. The fourth-order valence-electron chi connectivity index (χ4n) is 1.63. The van der Waals surface area contributed by atoms with Gasteiger partial charge in [-0.25, -0.2) is 0 Å². The highest BCUT2D eigenvalue weighted by atomic mass is 16.7. The van der Waals surface area contributed by atoms with E-state index in [1.54, 1.807) is 6.07 Å². The highest BCUT2D eigenvalue weighted by Crippen LogP contribution is 2.25. The van der Waals surface area contributed by atoms with Gasteiger partial charge in [0, 0.05) is 11.5 Å². The number of aromatic hydroxyl groups is 1. The molecule has 0 saturated carbocycles. The minimum absolute atomic E-state index is 0.132. The fourth-order valence-corrected chi connectivity index (χ4v) is 1.63. The number of hydrogen-bond acceptors (Lipinski definition) is 2. The minimum atomic E-state index is 0.132. The Balaban J connectivity index is 2.82. The molecule has 1 aromatic carbocycles. The lowest BCUT2D eigenvalue weighted by molar-refractivity contribution is 0.152. The molecule has 0 saturated heterocycles. The second-order valence-corrected chi connectivity index (χ2v) is 3.47. The quantitative estimate of drug-likeness (QED) is 0.748. The van der Waals surface area contributed by atoms with Gasteiger partial charge in [0.25, 0.3) is 0 Å². The Labute approximate surface area is 82.5 Å². The van der Waals surface area contributed by atoms with Crippen LogP contribution < -0.4 is 4.84 Å². The molecule has 3 nitrogen and oxygen atoms in total. The van der Waals surface area contributed by atoms with Gasteiger partial charge in [0.15, 0.2) is 0 Å². The van der Waals surface area contributed by atoms with Crippen molar-refractivity contribution < 1.29 is 9.94 Å². The SMILES string of the molecule is COn1c(O)cc2cc(C)c(C)cc21. The van der Waals surface area contributed by atoms with Gasteiger partial charge in [-0.15, -0.1) is 4.73 Å². The molecular formula is C11H13NO2. The average molecular weight is 191 g/mol. The predicted molar refractivity (Wildman–Crippen MR) is 55.6 cm³/mol. The molecule has 3 heteroatoms. The number of nitrogens with zero attached hydrogens (tertiary/aromatic N) is 1. The molecule has 0 atom stereocenters. The molecule has 1 aromatic heterocycles. The molecule has 0 aliphatic rings. The Bertz CT molecular complexity index is 485. The number of fused-ring (bicyclic) bond motifs is 1. The maximum Gasteiger partial charge on any atom is 0.226 e. The van der Waals surface area contributed by atoms with Crippen molar-refractivity contribution in [2.75, 3.05) is 7.11 Å². The molecule has 1 N–H and O–H groups in total. The fraction of sp³-hybridized carbons (Fsp3) is 0.273. The zero-order valence-electron chi connectivity index (χ0n) is 8.53. The van der Waals surface area contributed by atoms with Crippen LogP contribution in [-0.2, 0) is 0 Å². The summed E-state index contributed by atoms with van der Waals surface area (Å²) in [6.07, 6.45) is 0. The lowest BCUT2D eigenvalue weighted by Crippen LogP contribution is -2.04. The topological polar surface area (TPSA) is 34.4 Å². The summed E-state index contributed by atoms with van der Waals surface area (Å²) in [6.45, 7) is 4.09. The number of aryl methyl sites for hydroxylation is 2. The van der Waals surface area contributed by atoms with Crippen LogP contribution in [0.3, 0.4) is 0 Å². The Hall–Kier alpha value is -1.64. The van der Waals surface area contributed by atoms with Crippen molar-refractivity contribution >= 4 is 10.9 Å². The number of hydrogen-bond donors (Lipinski definition) is 1. The molecule has 0 amide bonds. The molecule has 0 aliphatic carbocycles. The zero-order valence-corrected chi connectivity index (χ0v) is 8.53. The van der Waals surface area contributed by atoms with Crippen molar-refractivity contribution in [3.63, 3.8) is 0 Å². The summed E-state index contributed by atoms with van der Waals surface area (Å²) in [7, 11) is 1.54. The van der Waals surface area contributed by atoms with Crippen LogP contribution >= 0.6 is 0 Å². The van der Waals surface area contributed by atoms with Gasteiger partial charge in [-0.2, -0.15) is 0 Å². The summed E-state index contributed by atoms with van der Waals surface area (Å²) in [6, 6.07) is 5.75. The average Bonchev–Trinajstić information content (AvgIpc) is 2.42. The van der Waals surface area contributed by atoms with Crippen LogP contribution in [0.25, 0.3) is 10.9 Å². The normalized spacial score (nSPS) is 10.8. The molecule has 14 heavy (non-hydrogen) atoms. The summed E-state index contributed by atoms with van der Waals surface area (Å²) in [5.41, 5.74) is 3.30. The third-order valence-electron chi connectivity index (χ3n) is 2.54. The van der Waals surface area contributed by atoms with E-state index in [2.05, 4.69) is 6.92 Å². The van der Waals surface area contributed by atoms with Crippen LogP contribution in [0.2, 0.25) is 0 Å². The molecule has 74 valence electrons. The van der Waals surface area contributed by atoms with E-state index in [-0.39, 0.29) is 5.88 Å². The smallest absolute Gasteiger partial charge is 0.226 e. The van der Waals surface area contributed by atoms with Crippen molar-refractivity contribution in [2.45, 2.75) is 13.8 Å². The number of benzene rings is 1. The van der Waals surface area contributed by atoms with Crippen LogP contribution in [0, 0.1) is 13.8 Å². The zero-order chi connectivity index (χ0) is 10.3. The number of rotatable bonds is 1. The number of aromatic nitrogens is 1. The molecule has 0 aliphatic heterocycles. The summed E-state index contributed by atoms with van der Waals surface area (Å²) >= 11 is 0. The largest absolute Gasteiger partial charge is 0.492 e. The van der Waals surface area contributed by atoms with E-state index in [1.807, 2.05) is 19.1 Å². The highest BCUT2D eigenvalue weighted by molar-refractivity contribution is 5.83. The summed E-state index contributed by atoms with van der Waals surface area (Å²) < 4.78 is 1.42. The van der Waals surface area contributed by atoms with Crippen LogP contribution in [-0.4, -0.2) is 16.9 Å². The standard InChI is InChI=1S/C11H13NO2/c1-7-4-9-6-11(13)12(14-3)10(9)5-8(7)2/h4-6,13H,1-3H3. The maximum absolute atomic E-state index is 9.55. The molecular weight excluding hydrogens is 178 g/mol. The Kier molecular flexibility index (Phi) is 1.88. The van der Waals surface area contributed by atoms with Gasteiger partial charge >= 0.3 is 0 Å². The Morgan fingerprint density at radius 2 is 1.79 bits per heavy atom. The van der Waals surface area contributed by atoms with Gasteiger partial charge in [-0.1, -0.05) is 0 Å². The first kappa shape index (κ1) is 8.94. The van der Waals surface area contributed by atoms with E-state index < -0.39 is 0 Å². The van der Waals surface area contributed by atoms with E-state index in [0.717, 1.165) is 10.9 Å². The van der Waals surface area contributed by atoms with Gasteiger partial charge in [-0.3, -0.25) is 0 Å². The van der Waals surface area contributed by atoms with E-state index in [4.69, 9.17) is 4.84 Å². The Morgan fingerprint density at radius 1 is 1.14 bits per heavy atom. The van der Waals surface area contributed by atoms with E-state index in [0.29, 0.717) is 0 Å². The lowest BCUT2D eigenvalue weighted by atomic mass is 10.1. The van der Waals surface area contributed by atoms with Crippen LogP contribution in [0.5, 0.6) is 5.88 Å². The molecule has 0 radical (unpaired) electrons. The highest BCUT2D eigenvalue weighted by Gasteiger charge is 2.08. The maximum atomic E-state index is 9.55. The van der Waals surface area contributed by atoms with Crippen molar-refractivity contribution in [3.8, 4) is 5.88 Å². The van der Waals surface area contributed by atoms with Crippen molar-refractivity contribution in [2.24, 2.45) is 0 Å². The van der Waals surface area contributed by atoms with Crippen molar-refractivity contribution in [1.82, 2.24) is 4.73 Å². The molecule has 2 rings (SSSR count). The lowest BCUT2D eigenvalue weighted by Gasteiger charge is -2.05. The first-order chi connectivity index (χ1) is 6.63. The van der Waals surface area contributed by atoms with E-state index in [1.165, 1.54) is 23.0 Å². The molecule has 0 fully saturated rings. The summed E-state index contributed by atoms with van der Waals surface area (Å²) in [5, 5.41) is 10.5. The minimum Gasteiger partial charge on any atom is -0.492 e. The van der Waals surface area contributed by atoms with Gasteiger partial charge < -0.3 is 9.94 Å². The third kappa shape index (κ3) is 1.13. The Morgan fingerprint density at radius 3 is 2.43 bits per heavy atom. The molecule has 0 spiro atoms. The summed E-state index contributed by atoms with van der Waals surface area (Å²) in [5.74, 6) is 0.132. The van der Waals surface area contributed by atoms with Gasteiger partial charge in [0.1, 0.15) is 7.11 Å². The second kappa shape index (κ2) is 2.94. The first-order valence-electron chi connectivity index (χ1n) is 4.49. The monoisotopic (exact) mass is 191 g/mol. The van der Waals surface area contributed by atoms with Gasteiger partial charge in [-0.05, 0) is 37.1 Å². The molecule has 1 heterocycles. The third-order valence-corrected chi connectivity index (χ3v) is 2.54. The molecule has 0 bridgehead atoms. The van der Waals surface area contributed by atoms with Crippen molar-refractivity contribution in [3.05, 3.63) is 29.3 Å². The van der Waals surface area contributed by atoms with Crippen LogP contribution in [0.1, 0.15) is 11.1 Å². The van der Waals surface area contributed by atoms with E-state index in [9.17, 15) is 5.11 Å². The van der Waals surface area contributed by atoms with E-state index >= 15 is 0 Å². The predicted octanol–water partition coefficient (Wildman–Crippen LogP) is 2.02. The summed E-state index contributed by atoms with van der Waals surface area (Å²) in [4.78, 5) is 5.06. The first-order valence-corrected chi connectivity index (χ1v) is 4.49. The second-order valence-electron chi connectivity index (χ2n) is 3.47. The molecule has 0 unspecified atom stereocenters. The van der Waals surface area contributed by atoms with Crippen molar-refractivity contribution in [1.29, 1.82) is 0 Å². The van der Waals surface area contributed by atoms with Gasteiger partial charge in [0.05, 0.1) is 5.52 Å². The van der Waals surface area contributed by atoms with Crippen LogP contribution in [0.15, 0.2) is 18.2 Å². The van der Waals surface area contributed by atoms with Crippen LogP contribution in [0.4, 0.5) is 0 Å². The van der Waals surface area contributed by atoms with Gasteiger partial charge in [0.2, 0.25) is 5.88 Å².